The first-order valence-corrected chi connectivity index (χ1v) is 14.1. The predicted octanol–water partition coefficient (Wildman–Crippen LogP) is -4.68. The molecule has 10 N–H and O–H groups in total. The van der Waals surface area contributed by atoms with Gasteiger partial charge in [-0.1, -0.05) is 0 Å². The van der Waals surface area contributed by atoms with Gasteiger partial charge in [-0.3, -0.25) is 28.2 Å². The zero-order valence-corrected chi connectivity index (χ0v) is 21.7. The van der Waals surface area contributed by atoms with Crippen LogP contribution in [0, 0.1) is 0 Å². The minimum atomic E-state index is -5.59. The molecule has 3 heterocycles. The highest BCUT2D eigenvalue weighted by Crippen LogP contribution is 2.61. The molecule has 1 amide bonds. The summed E-state index contributed by atoms with van der Waals surface area (Å²) in [5.41, 5.74) is 3.68. The van der Waals surface area contributed by atoms with Crippen LogP contribution in [-0.2, 0) is 36.8 Å². The Balaban J connectivity index is 1.66. The van der Waals surface area contributed by atoms with Gasteiger partial charge in [0.1, 0.15) is 42.7 Å². The van der Waals surface area contributed by atoms with Gasteiger partial charge in [-0.15, -0.1) is 0 Å². The molecule has 1 aromatic heterocycles. The molecule has 3 rings (SSSR count). The lowest BCUT2D eigenvalue weighted by Gasteiger charge is -2.42. The van der Waals surface area contributed by atoms with Crippen molar-refractivity contribution in [2.45, 2.75) is 62.1 Å². The van der Waals surface area contributed by atoms with Gasteiger partial charge >= 0.3 is 21.3 Å². The van der Waals surface area contributed by atoms with Crippen LogP contribution in [0.5, 0.6) is 0 Å². The number of aliphatic hydroxyl groups excluding tert-OH is 4. The summed E-state index contributed by atoms with van der Waals surface area (Å²) in [7, 11) is -11.1. The maximum atomic E-state index is 12.5. The fraction of sp³-hybridized carbons (Fsp3) is 0.706. The predicted molar refractivity (Wildman–Crippen MR) is 122 cm³/mol. The molecule has 222 valence electrons. The van der Waals surface area contributed by atoms with Crippen LogP contribution in [0.25, 0.3) is 0 Å². The molecule has 22 heteroatoms. The number of ether oxygens (including phenoxy) is 2. The third-order valence-electron chi connectivity index (χ3n) is 5.61. The summed E-state index contributed by atoms with van der Waals surface area (Å²) < 4.78 is 49.5. The van der Waals surface area contributed by atoms with Crippen molar-refractivity contribution in [3.05, 3.63) is 33.1 Å². The van der Waals surface area contributed by atoms with Crippen LogP contribution in [0.1, 0.15) is 13.2 Å². The fourth-order valence-corrected chi connectivity index (χ4v) is 5.97. The molecule has 11 atom stereocenters. The number of hydrogen-bond acceptors (Lipinski definition) is 15. The zero-order valence-electron chi connectivity index (χ0n) is 19.9. The maximum Gasteiger partial charge on any atom is 0.483 e. The number of carbonyl (C=O) groups is 1. The third-order valence-corrected chi connectivity index (χ3v) is 8.21. The van der Waals surface area contributed by atoms with Gasteiger partial charge in [0.2, 0.25) is 5.91 Å². The van der Waals surface area contributed by atoms with Crippen molar-refractivity contribution in [1.82, 2.24) is 14.9 Å². The molecule has 39 heavy (non-hydrogen) atoms. The number of aromatic nitrogens is 2. The minimum Gasteiger partial charge on any atom is -0.388 e. The molecule has 2 fully saturated rings. The van der Waals surface area contributed by atoms with Crippen LogP contribution in [0.15, 0.2) is 21.9 Å². The summed E-state index contributed by atoms with van der Waals surface area (Å²) in [4.78, 5) is 56.5. The van der Waals surface area contributed by atoms with Crippen molar-refractivity contribution in [2.75, 3.05) is 13.2 Å². The number of nitrogens with two attached hydrogens (primary N) is 1. The monoisotopic (exact) mass is 606 g/mol. The fourth-order valence-electron chi connectivity index (χ4n) is 3.80. The molecule has 0 radical (unpaired) electrons. The molecule has 2 aliphatic rings. The van der Waals surface area contributed by atoms with Crippen molar-refractivity contribution in [1.29, 1.82) is 0 Å². The van der Waals surface area contributed by atoms with Crippen LogP contribution >= 0.6 is 15.6 Å². The Morgan fingerprint density at radius 1 is 1.08 bits per heavy atom. The van der Waals surface area contributed by atoms with Crippen LogP contribution in [0.3, 0.4) is 0 Å². The Bertz CT molecular complexity index is 1240. The Morgan fingerprint density at radius 2 is 1.72 bits per heavy atom. The lowest BCUT2D eigenvalue weighted by molar-refractivity contribution is -0.238. The second-order valence-corrected chi connectivity index (χ2v) is 11.5. The number of nitrogens with one attached hydrogen (secondary N) is 2. The van der Waals surface area contributed by atoms with Gasteiger partial charge in [0, 0.05) is 25.7 Å². The maximum absolute atomic E-state index is 12.5. The Morgan fingerprint density at radius 3 is 2.31 bits per heavy atom. The second-order valence-electron chi connectivity index (χ2n) is 8.47. The molecule has 20 nitrogen and oxygen atoms in total. The Kier molecular flexibility index (Phi) is 10.0. The van der Waals surface area contributed by atoms with Crippen molar-refractivity contribution >= 4 is 21.6 Å². The molecule has 0 saturated carbocycles. The molecular formula is C17H28N4O16P2. The van der Waals surface area contributed by atoms with Crippen LogP contribution < -0.4 is 22.3 Å². The number of phosphoric ester groups is 2. The Labute approximate surface area is 218 Å². The van der Waals surface area contributed by atoms with Gasteiger partial charge in [0.15, 0.2) is 12.5 Å². The first-order chi connectivity index (χ1) is 18.0. The lowest BCUT2D eigenvalue weighted by Crippen LogP contribution is -2.64. The smallest absolute Gasteiger partial charge is 0.388 e. The van der Waals surface area contributed by atoms with Gasteiger partial charge in [0.25, 0.3) is 5.56 Å². The van der Waals surface area contributed by atoms with Gasteiger partial charge in [0.05, 0.1) is 6.61 Å². The first kappa shape index (κ1) is 31.7. The minimum absolute atomic E-state index is 0.398. The van der Waals surface area contributed by atoms with Crippen molar-refractivity contribution in [2.24, 2.45) is 5.73 Å². The average molecular weight is 606 g/mol. The molecular weight excluding hydrogens is 578 g/mol. The summed E-state index contributed by atoms with van der Waals surface area (Å²) in [5, 5.41) is 42.8. The molecule has 0 aliphatic carbocycles. The van der Waals surface area contributed by atoms with E-state index in [1.165, 1.54) is 0 Å². The van der Waals surface area contributed by atoms with Crippen LogP contribution in [0.2, 0.25) is 0 Å². The highest BCUT2D eigenvalue weighted by Gasteiger charge is 2.50. The summed E-state index contributed by atoms with van der Waals surface area (Å²) >= 11 is 0. The van der Waals surface area contributed by atoms with Gasteiger partial charge in [-0.2, -0.15) is 4.31 Å². The third kappa shape index (κ3) is 7.66. The van der Waals surface area contributed by atoms with Gasteiger partial charge < -0.3 is 50.7 Å². The molecule has 1 aromatic rings. The van der Waals surface area contributed by atoms with E-state index in [1.807, 2.05) is 4.98 Å². The molecule has 0 spiro atoms. The highest BCUT2D eigenvalue weighted by atomic mass is 31.3. The number of rotatable bonds is 10. The van der Waals surface area contributed by atoms with E-state index in [4.69, 9.17) is 19.7 Å². The number of aromatic amines is 1. The van der Waals surface area contributed by atoms with E-state index in [9.17, 15) is 53.7 Å². The Hall–Kier alpha value is -1.87. The summed E-state index contributed by atoms with van der Waals surface area (Å²) in [5.74, 6) is -0.765. The standard InChI is InChI=1S/C17H28N4O16P2/c1-6(22)19-10-13(26)11(24)7(4-18)35-16(10)36-39(31,32)37-38(29,30)33-5-8-12(25)14(27)15(34-8)21-3-2-9(23)20-17(21)28/h2-3,7-8,10-16,24-27H,4-5,18H2,1H3,(H,19,22)(H,29,30)(H,31,32)(H,20,23,28)/t7?,8-,10?,11-,12+,13-,14?,15-,16-/m1/s1. The normalized spacial score (nSPS) is 36.2. The SMILES string of the molecule is CC(=O)NC1[C@@H](O[P@@](=O)(O)O[P@@](=O)(O)OC[C@H]2O[C@@H](n3ccc(=O)[nH]c3=O)C(O)[C@H]2O)OC(CN)[C@@H](O)[C@@H]1O. The molecule has 2 aliphatic heterocycles. The number of H-pyrrole nitrogens is 1. The zero-order chi connectivity index (χ0) is 29.3. The average Bonchev–Trinajstić information content (AvgIpc) is 3.10. The quantitative estimate of drug-likeness (QED) is 0.113. The number of hydrogen-bond donors (Lipinski definition) is 9. The summed E-state index contributed by atoms with van der Waals surface area (Å²) in [6, 6.07) is -0.704. The number of carbonyl (C=O) groups excluding carboxylic acids is 1. The van der Waals surface area contributed by atoms with E-state index in [0.29, 0.717) is 0 Å². The molecule has 0 bridgehead atoms. The van der Waals surface area contributed by atoms with E-state index in [0.717, 1.165) is 23.8 Å². The number of nitrogens with zero attached hydrogens (tertiary/aromatic N) is 1. The highest BCUT2D eigenvalue weighted by molar-refractivity contribution is 7.61. The number of phosphoric acid groups is 2. The largest absolute Gasteiger partial charge is 0.483 e. The van der Waals surface area contributed by atoms with Crippen molar-refractivity contribution in [3.63, 3.8) is 0 Å². The van der Waals surface area contributed by atoms with E-state index >= 15 is 0 Å². The molecule has 3 unspecified atom stereocenters. The molecule has 2 saturated heterocycles. The van der Waals surface area contributed by atoms with E-state index in [1.54, 1.807) is 0 Å². The van der Waals surface area contributed by atoms with E-state index in [2.05, 4.69) is 14.2 Å². The summed E-state index contributed by atoms with van der Waals surface area (Å²) in [6.45, 7) is -0.398. The van der Waals surface area contributed by atoms with Gasteiger partial charge in [-0.05, 0) is 0 Å². The van der Waals surface area contributed by atoms with Crippen molar-refractivity contribution < 1.29 is 67.0 Å². The lowest BCUT2D eigenvalue weighted by atomic mass is 9.97. The number of aliphatic hydroxyl groups is 4. The van der Waals surface area contributed by atoms with E-state index < -0.39 is 101 Å². The van der Waals surface area contributed by atoms with Crippen molar-refractivity contribution in [3.8, 4) is 0 Å². The van der Waals surface area contributed by atoms with Crippen LogP contribution in [-0.4, -0.2) is 108 Å². The van der Waals surface area contributed by atoms with Crippen LogP contribution in [0.4, 0.5) is 0 Å². The topological polar surface area (TPSA) is 312 Å². The summed E-state index contributed by atoms with van der Waals surface area (Å²) in [6.07, 6.45) is -12.5. The molecule has 0 aromatic carbocycles. The second kappa shape index (κ2) is 12.3. The van der Waals surface area contributed by atoms with E-state index in [-0.39, 0.29) is 0 Å². The number of amides is 1. The van der Waals surface area contributed by atoms with Gasteiger partial charge in [-0.25, -0.2) is 13.9 Å². The first-order valence-electron chi connectivity index (χ1n) is 11.1.